The Labute approximate surface area is 104 Å². The van der Waals surface area contributed by atoms with Crippen molar-refractivity contribution in [2.45, 2.75) is 6.42 Å². The first-order chi connectivity index (χ1) is 8.68. The molecule has 0 saturated heterocycles. The zero-order chi connectivity index (χ0) is 12.7. The van der Waals surface area contributed by atoms with E-state index in [-0.39, 0.29) is 11.6 Å². The maximum Gasteiger partial charge on any atom is 0.209 e. The van der Waals surface area contributed by atoms with Crippen molar-refractivity contribution >= 4 is 11.6 Å². The summed E-state index contributed by atoms with van der Waals surface area (Å²) in [6.07, 6.45) is 3.76. The summed E-state index contributed by atoms with van der Waals surface area (Å²) >= 11 is 0. The molecule has 4 heteroatoms. The molecule has 0 amide bonds. The number of aryl methyl sites for hydroxylation is 1. The van der Waals surface area contributed by atoms with Crippen molar-refractivity contribution in [2.75, 3.05) is 0 Å². The van der Waals surface area contributed by atoms with E-state index in [9.17, 15) is 9.59 Å². The van der Waals surface area contributed by atoms with Crippen LogP contribution in [0.25, 0.3) is 0 Å². The standard InChI is InChI=1S/C14H12N2O2/c1-16-7-6-15-14(16)13(18)11-8-9-4-2-3-5-10(9)12(11)17/h2-7,11H,8H2,1H3. The van der Waals surface area contributed by atoms with E-state index in [4.69, 9.17) is 0 Å². The van der Waals surface area contributed by atoms with Gasteiger partial charge < -0.3 is 4.57 Å². The molecule has 1 heterocycles. The second kappa shape index (κ2) is 3.91. The summed E-state index contributed by atoms with van der Waals surface area (Å²) in [5.41, 5.74) is 1.63. The number of nitrogens with zero attached hydrogens (tertiary/aromatic N) is 2. The smallest absolute Gasteiger partial charge is 0.209 e. The van der Waals surface area contributed by atoms with Gasteiger partial charge in [-0.2, -0.15) is 0 Å². The maximum absolute atomic E-state index is 12.3. The molecule has 0 spiro atoms. The molecule has 90 valence electrons. The normalized spacial score (nSPS) is 17.8. The van der Waals surface area contributed by atoms with Crippen LogP contribution in [0, 0.1) is 5.92 Å². The lowest BCUT2D eigenvalue weighted by molar-refractivity contribution is 0.0814. The number of Topliss-reactive ketones (excluding diaryl/α,β-unsaturated/α-hetero) is 2. The van der Waals surface area contributed by atoms with Crippen molar-refractivity contribution in [2.24, 2.45) is 13.0 Å². The van der Waals surface area contributed by atoms with Gasteiger partial charge in [-0.1, -0.05) is 24.3 Å². The average molecular weight is 240 g/mol. The molecule has 1 aromatic heterocycles. The lowest BCUT2D eigenvalue weighted by Crippen LogP contribution is -2.23. The lowest BCUT2D eigenvalue weighted by Gasteiger charge is -2.06. The fourth-order valence-corrected chi connectivity index (χ4v) is 2.41. The van der Waals surface area contributed by atoms with Gasteiger partial charge in [0.2, 0.25) is 5.78 Å². The molecule has 0 fully saturated rings. The zero-order valence-electron chi connectivity index (χ0n) is 9.96. The minimum Gasteiger partial charge on any atom is -0.332 e. The highest BCUT2D eigenvalue weighted by Gasteiger charge is 2.37. The highest BCUT2D eigenvalue weighted by molar-refractivity contribution is 6.17. The summed E-state index contributed by atoms with van der Waals surface area (Å²) < 4.78 is 1.65. The van der Waals surface area contributed by atoms with Crippen molar-refractivity contribution in [3.8, 4) is 0 Å². The molecular weight excluding hydrogens is 228 g/mol. The molecule has 1 atom stereocenters. The van der Waals surface area contributed by atoms with Gasteiger partial charge in [-0.25, -0.2) is 4.98 Å². The number of aromatic nitrogens is 2. The topological polar surface area (TPSA) is 52.0 Å². The van der Waals surface area contributed by atoms with Crippen molar-refractivity contribution < 1.29 is 9.59 Å². The lowest BCUT2D eigenvalue weighted by atomic mass is 9.99. The molecule has 18 heavy (non-hydrogen) atoms. The number of hydrogen-bond donors (Lipinski definition) is 0. The van der Waals surface area contributed by atoms with E-state index < -0.39 is 5.92 Å². The van der Waals surface area contributed by atoms with E-state index in [0.717, 1.165) is 5.56 Å². The number of fused-ring (bicyclic) bond motifs is 1. The fourth-order valence-electron chi connectivity index (χ4n) is 2.41. The van der Waals surface area contributed by atoms with Crippen molar-refractivity contribution in [1.29, 1.82) is 0 Å². The molecule has 0 saturated carbocycles. The van der Waals surface area contributed by atoms with Crippen LogP contribution in [0.4, 0.5) is 0 Å². The van der Waals surface area contributed by atoms with Crippen molar-refractivity contribution in [3.63, 3.8) is 0 Å². The largest absolute Gasteiger partial charge is 0.332 e. The van der Waals surface area contributed by atoms with Crippen LogP contribution in [0.15, 0.2) is 36.7 Å². The van der Waals surface area contributed by atoms with Gasteiger partial charge in [0.25, 0.3) is 0 Å². The molecule has 1 aliphatic carbocycles. The Bertz CT molecular complexity index is 643. The fraction of sp³-hybridized carbons (Fsp3) is 0.214. The summed E-state index contributed by atoms with van der Waals surface area (Å²) in [5, 5.41) is 0. The number of ketones is 2. The van der Waals surface area contributed by atoms with Crippen LogP contribution in [-0.4, -0.2) is 21.1 Å². The van der Waals surface area contributed by atoms with Gasteiger partial charge in [-0.3, -0.25) is 9.59 Å². The molecule has 0 aliphatic heterocycles. The Morgan fingerprint density at radius 3 is 2.83 bits per heavy atom. The SMILES string of the molecule is Cn1ccnc1C(=O)C1Cc2ccccc2C1=O. The summed E-state index contributed by atoms with van der Waals surface area (Å²) in [7, 11) is 1.76. The zero-order valence-corrected chi connectivity index (χ0v) is 9.96. The molecule has 0 N–H and O–H groups in total. The maximum atomic E-state index is 12.3. The van der Waals surface area contributed by atoms with Gasteiger partial charge in [-0.15, -0.1) is 0 Å². The second-order valence-corrected chi connectivity index (χ2v) is 4.50. The van der Waals surface area contributed by atoms with E-state index in [0.29, 0.717) is 17.8 Å². The van der Waals surface area contributed by atoms with Gasteiger partial charge in [0.05, 0.1) is 5.92 Å². The van der Waals surface area contributed by atoms with E-state index in [1.165, 1.54) is 0 Å². The monoisotopic (exact) mass is 240 g/mol. The predicted molar refractivity (Wildman–Crippen MR) is 65.5 cm³/mol. The van der Waals surface area contributed by atoms with Crippen LogP contribution in [0.3, 0.4) is 0 Å². The first-order valence-corrected chi connectivity index (χ1v) is 5.82. The third-order valence-electron chi connectivity index (χ3n) is 3.38. The van der Waals surface area contributed by atoms with E-state index in [1.54, 1.807) is 30.1 Å². The predicted octanol–water partition coefficient (Wildman–Crippen LogP) is 1.66. The first kappa shape index (κ1) is 10.9. The van der Waals surface area contributed by atoms with Crippen LogP contribution in [0.2, 0.25) is 0 Å². The number of carbonyl (C=O) groups excluding carboxylic acids is 2. The Kier molecular flexibility index (Phi) is 2.37. The van der Waals surface area contributed by atoms with Crippen LogP contribution in [0.1, 0.15) is 26.5 Å². The molecule has 0 bridgehead atoms. The van der Waals surface area contributed by atoms with Crippen LogP contribution in [-0.2, 0) is 13.5 Å². The molecule has 1 aliphatic rings. The van der Waals surface area contributed by atoms with Gasteiger partial charge in [-0.05, 0) is 12.0 Å². The van der Waals surface area contributed by atoms with Gasteiger partial charge in [0.15, 0.2) is 11.6 Å². The minimum atomic E-state index is -0.608. The molecule has 4 nitrogen and oxygen atoms in total. The highest BCUT2D eigenvalue weighted by atomic mass is 16.2. The molecular formula is C14H12N2O2. The summed E-state index contributed by atoms with van der Waals surface area (Å²) in [6, 6.07) is 7.40. The number of benzene rings is 1. The van der Waals surface area contributed by atoms with Gasteiger partial charge >= 0.3 is 0 Å². The van der Waals surface area contributed by atoms with E-state index in [2.05, 4.69) is 4.98 Å². The second-order valence-electron chi connectivity index (χ2n) is 4.50. The van der Waals surface area contributed by atoms with Crippen molar-refractivity contribution in [3.05, 3.63) is 53.6 Å². The molecule has 1 aromatic carbocycles. The summed E-state index contributed by atoms with van der Waals surface area (Å²) in [6.45, 7) is 0. The quantitative estimate of drug-likeness (QED) is 0.592. The third kappa shape index (κ3) is 1.49. The van der Waals surface area contributed by atoms with Crippen LogP contribution >= 0.6 is 0 Å². The minimum absolute atomic E-state index is 0.0846. The average Bonchev–Trinajstić information content (AvgIpc) is 2.94. The Balaban J connectivity index is 1.96. The summed E-state index contributed by atoms with van der Waals surface area (Å²) in [5.74, 6) is -0.535. The molecule has 0 radical (unpaired) electrons. The van der Waals surface area contributed by atoms with Crippen molar-refractivity contribution in [1.82, 2.24) is 9.55 Å². The Morgan fingerprint density at radius 2 is 2.17 bits per heavy atom. The summed E-state index contributed by atoms with van der Waals surface area (Å²) in [4.78, 5) is 28.5. The van der Waals surface area contributed by atoms with Crippen LogP contribution < -0.4 is 0 Å². The highest BCUT2D eigenvalue weighted by Crippen LogP contribution is 2.28. The first-order valence-electron chi connectivity index (χ1n) is 5.82. The van der Waals surface area contributed by atoms with Gasteiger partial charge in [0.1, 0.15) is 0 Å². The van der Waals surface area contributed by atoms with Gasteiger partial charge in [0, 0.05) is 25.0 Å². The third-order valence-corrected chi connectivity index (χ3v) is 3.38. The molecule has 3 rings (SSSR count). The van der Waals surface area contributed by atoms with E-state index >= 15 is 0 Å². The molecule has 1 unspecified atom stereocenters. The number of imidazole rings is 1. The number of rotatable bonds is 2. The number of carbonyl (C=O) groups is 2. The Morgan fingerprint density at radius 1 is 1.39 bits per heavy atom. The Hall–Kier alpha value is -2.23. The van der Waals surface area contributed by atoms with Crippen LogP contribution in [0.5, 0.6) is 0 Å². The molecule has 2 aromatic rings. The number of hydrogen-bond acceptors (Lipinski definition) is 3. The van der Waals surface area contributed by atoms with E-state index in [1.807, 2.05) is 18.2 Å².